The summed E-state index contributed by atoms with van der Waals surface area (Å²) < 4.78 is 26.9. The van der Waals surface area contributed by atoms with Gasteiger partial charge in [-0.1, -0.05) is 35.9 Å². The Morgan fingerprint density at radius 2 is 1.83 bits per heavy atom. The molecule has 5 nitrogen and oxygen atoms in total. The van der Waals surface area contributed by atoms with Crippen molar-refractivity contribution in [3.05, 3.63) is 76.3 Å². The molecular weight excluding hydrogens is 396 g/mol. The molecule has 1 N–H and O–H groups in total. The van der Waals surface area contributed by atoms with Crippen LogP contribution in [-0.4, -0.2) is 21.8 Å². The molecule has 0 aliphatic carbocycles. The average molecular weight is 413 g/mol. The number of aryl methyl sites for hydroxylation is 1. The predicted octanol–water partition coefficient (Wildman–Crippen LogP) is 4.36. The van der Waals surface area contributed by atoms with Gasteiger partial charge in [0, 0.05) is 10.9 Å². The standard InChI is InChI=1S/C21H17F2N3O2S/c1-12-3-5-13(6-4-12)18-24-15(11-29-18)10-26-19(27)21(2,25-20(26)28)14-7-8-16(22)17(23)9-14/h3-9,11H,10H2,1-2H3,(H,25,28). The van der Waals surface area contributed by atoms with Crippen molar-refractivity contribution in [3.8, 4) is 10.6 Å². The summed E-state index contributed by atoms with van der Waals surface area (Å²) in [5.74, 6) is -2.64. The van der Waals surface area contributed by atoms with E-state index < -0.39 is 29.1 Å². The number of amides is 3. The van der Waals surface area contributed by atoms with Gasteiger partial charge in [0.1, 0.15) is 10.5 Å². The number of nitrogens with one attached hydrogen (secondary N) is 1. The highest BCUT2D eigenvalue weighted by Gasteiger charge is 2.49. The zero-order chi connectivity index (χ0) is 20.8. The Morgan fingerprint density at radius 1 is 1.10 bits per heavy atom. The second-order valence-corrected chi connectivity index (χ2v) is 7.94. The van der Waals surface area contributed by atoms with Crippen LogP contribution in [0.5, 0.6) is 0 Å². The molecule has 148 valence electrons. The van der Waals surface area contributed by atoms with E-state index in [1.54, 1.807) is 5.38 Å². The molecule has 2 heterocycles. The number of aromatic nitrogens is 1. The first-order valence-corrected chi connectivity index (χ1v) is 9.77. The molecule has 0 bridgehead atoms. The highest BCUT2D eigenvalue weighted by molar-refractivity contribution is 7.13. The molecular formula is C21H17F2N3O2S. The van der Waals surface area contributed by atoms with Crippen LogP contribution in [0.4, 0.5) is 13.6 Å². The summed E-state index contributed by atoms with van der Waals surface area (Å²) in [6.07, 6.45) is 0. The second kappa shape index (κ2) is 7.04. The molecule has 3 aromatic rings. The number of nitrogens with zero attached hydrogens (tertiary/aromatic N) is 2. The van der Waals surface area contributed by atoms with Crippen molar-refractivity contribution in [2.24, 2.45) is 0 Å². The van der Waals surface area contributed by atoms with E-state index in [0.29, 0.717) is 5.69 Å². The largest absolute Gasteiger partial charge is 0.325 e. The van der Waals surface area contributed by atoms with Gasteiger partial charge in [-0.05, 0) is 31.5 Å². The lowest BCUT2D eigenvalue weighted by Crippen LogP contribution is -2.41. The lowest BCUT2D eigenvalue weighted by Gasteiger charge is -2.22. The number of carbonyl (C=O) groups excluding carboxylic acids is 2. The number of benzene rings is 2. The Hall–Kier alpha value is -3.13. The summed E-state index contributed by atoms with van der Waals surface area (Å²) in [7, 11) is 0. The number of hydrogen-bond donors (Lipinski definition) is 1. The molecule has 1 unspecified atom stereocenters. The van der Waals surface area contributed by atoms with E-state index >= 15 is 0 Å². The first-order chi connectivity index (χ1) is 13.8. The molecule has 29 heavy (non-hydrogen) atoms. The van der Waals surface area contributed by atoms with Gasteiger partial charge in [0.05, 0.1) is 12.2 Å². The minimum Gasteiger partial charge on any atom is -0.319 e. The van der Waals surface area contributed by atoms with Crippen molar-refractivity contribution in [2.75, 3.05) is 0 Å². The first kappa shape index (κ1) is 19.2. The van der Waals surface area contributed by atoms with Crippen molar-refractivity contribution in [3.63, 3.8) is 0 Å². The van der Waals surface area contributed by atoms with Gasteiger partial charge < -0.3 is 5.32 Å². The highest BCUT2D eigenvalue weighted by atomic mass is 32.1. The summed E-state index contributed by atoms with van der Waals surface area (Å²) in [5.41, 5.74) is 1.37. The maximum atomic E-state index is 13.6. The van der Waals surface area contributed by atoms with E-state index in [1.165, 1.54) is 24.3 Å². The van der Waals surface area contributed by atoms with Crippen molar-refractivity contribution < 1.29 is 18.4 Å². The highest BCUT2D eigenvalue weighted by Crippen LogP contribution is 2.31. The van der Waals surface area contributed by atoms with E-state index in [9.17, 15) is 18.4 Å². The molecule has 2 aromatic carbocycles. The number of hydrogen-bond acceptors (Lipinski definition) is 4. The number of carbonyl (C=O) groups is 2. The number of urea groups is 1. The molecule has 1 fully saturated rings. The number of thiazole rings is 1. The van der Waals surface area contributed by atoms with Crippen LogP contribution in [0.3, 0.4) is 0 Å². The lowest BCUT2D eigenvalue weighted by atomic mass is 9.92. The van der Waals surface area contributed by atoms with E-state index in [2.05, 4.69) is 10.3 Å². The average Bonchev–Trinajstić information content (AvgIpc) is 3.24. The monoisotopic (exact) mass is 413 g/mol. The van der Waals surface area contributed by atoms with E-state index in [4.69, 9.17) is 0 Å². The fourth-order valence-corrected chi connectivity index (χ4v) is 4.03. The van der Waals surface area contributed by atoms with Gasteiger partial charge in [0.25, 0.3) is 5.91 Å². The van der Waals surface area contributed by atoms with Crippen LogP contribution in [0, 0.1) is 18.6 Å². The summed E-state index contributed by atoms with van der Waals surface area (Å²) in [5, 5.41) is 5.16. The second-order valence-electron chi connectivity index (χ2n) is 7.09. The van der Waals surface area contributed by atoms with Crippen LogP contribution in [0.1, 0.15) is 23.7 Å². The Morgan fingerprint density at radius 3 is 2.52 bits per heavy atom. The SMILES string of the molecule is Cc1ccc(-c2nc(CN3C(=O)NC(C)(c4ccc(F)c(F)c4)C3=O)cs2)cc1. The van der Waals surface area contributed by atoms with Gasteiger partial charge in [-0.2, -0.15) is 0 Å². The van der Waals surface area contributed by atoms with Crippen molar-refractivity contribution in [1.82, 2.24) is 15.2 Å². The van der Waals surface area contributed by atoms with Crippen molar-refractivity contribution in [2.45, 2.75) is 25.9 Å². The smallest absolute Gasteiger partial charge is 0.319 e. The minimum atomic E-state index is -1.47. The summed E-state index contributed by atoms with van der Waals surface area (Å²) >= 11 is 1.42. The number of halogens is 2. The number of rotatable bonds is 4. The van der Waals surface area contributed by atoms with E-state index in [1.807, 2.05) is 31.2 Å². The molecule has 0 radical (unpaired) electrons. The zero-order valence-corrected chi connectivity index (χ0v) is 16.5. The van der Waals surface area contributed by atoms with Crippen LogP contribution in [0.2, 0.25) is 0 Å². The molecule has 0 spiro atoms. The van der Waals surface area contributed by atoms with Crippen molar-refractivity contribution in [1.29, 1.82) is 0 Å². The minimum absolute atomic E-state index is 0.00764. The topological polar surface area (TPSA) is 62.3 Å². The van der Waals surface area contributed by atoms with E-state index in [0.717, 1.165) is 33.2 Å². The third-order valence-electron chi connectivity index (χ3n) is 4.94. The summed E-state index contributed by atoms with van der Waals surface area (Å²) in [6.45, 7) is 3.46. The zero-order valence-electron chi connectivity index (χ0n) is 15.7. The first-order valence-electron chi connectivity index (χ1n) is 8.89. The molecule has 1 aromatic heterocycles. The molecule has 0 saturated carbocycles. The summed E-state index contributed by atoms with van der Waals surface area (Å²) in [6, 6.07) is 10.5. The Labute approximate surface area is 170 Å². The Bertz CT molecular complexity index is 1110. The fourth-order valence-electron chi connectivity index (χ4n) is 3.21. The van der Waals surface area contributed by atoms with Gasteiger partial charge in [-0.3, -0.25) is 9.69 Å². The molecule has 1 atom stereocenters. The van der Waals surface area contributed by atoms with E-state index in [-0.39, 0.29) is 12.1 Å². The normalized spacial score (nSPS) is 19.0. The molecule has 1 aliphatic rings. The fraction of sp³-hybridized carbons (Fsp3) is 0.190. The Balaban J connectivity index is 1.57. The van der Waals surface area contributed by atoms with Crippen LogP contribution in [0.25, 0.3) is 10.6 Å². The Kier molecular flexibility index (Phi) is 4.66. The molecule has 1 saturated heterocycles. The molecule has 4 rings (SSSR count). The predicted molar refractivity (Wildman–Crippen MR) is 105 cm³/mol. The van der Waals surface area contributed by atoms with Gasteiger partial charge >= 0.3 is 6.03 Å². The van der Waals surface area contributed by atoms with Crippen LogP contribution < -0.4 is 5.32 Å². The molecule has 3 amide bonds. The third-order valence-corrected chi connectivity index (χ3v) is 5.88. The van der Waals surface area contributed by atoms with Crippen LogP contribution >= 0.6 is 11.3 Å². The third kappa shape index (κ3) is 3.40. The van der Waals surface area contributed by atoms with Crippen molar-refractivity contribution >= 4 is 23.3 Å². The van der Waals surface area contributed by atoms with Gasteiger partial charge in [0.2, 0.25) is 0 Å². The quantitative estimate of drug-likeness (QED) is 0.647. The maximum absolute atomic E-state index is 13.6. The summed E-state index contributed by atoms with van der Waals surface area (Å²) in [4.78, 5) is 31.0. The molecule has 8 heteroatoms. The maximum Gasteiger partial charge on any atom is 0.325 e. The van der Waals surface area contributed by atoms with Gasteiger partial charge in [-0.25, -0.2) is 18.6 Å². The number of imide groups is 1. The molecule has 1 aliphatic heterocycles. The van der Waals surface area contributed by atoms with Gasteiger partial charge in [0.15, 0.2) is 11.6 Å². The van der Waals surface area contributed by atoms with Crippen LogP contribution in [0.15, 0.2) is 47.8 Å². The van der Waals surface area contributed by atoms with Gasteiger partial charge in [-0.15, -0.1) is 11.3 Å². The van der Waals surface area contributed by atoms with Crippen LogP contribution in [-0.2, 0) is 16.9 Å². The lowest BCUT2D eigenvalue weighted by molar-refractivity contribution is -0.131.